The Labute approximate surface area is 77.1 Å². The lowest BCUT2D eigenvalue weighted by Crippen LogP contribution is -1.78. The molecule has 0 amide bonds. The van der Waals surface area contributed by atoms with Gasteiger partial charge >= 0.3 is 16.5 Å². The topological polar surface area (TPSA) is 93.1 Å². The lowest BCUT2D eigenvalue weighted by atomic mass is 10.9. The molecule has 13 heavy (non-hydrogen) atoms. The molecule has 2 unspecified atom stereocenters. The van der Waals surface area contributed by atoms with Crippen molar-refractivity contribution >= 4 is 16.5 Å². The first-order chi connectivity index (χ1) is 6.06. The van der Waals surface area contributed by atoms with Gasteiger partial charge in [0, 0.05) is 9.13 Å². The summed E-state index contributed by atoms with van der Waals surface area (Å²) in [7, 11) is -4.80. The molecule has 74 valence electrons. The van der Waals surface area contributed by atoms with Gasteiger partial charge in [-0.25, -0.2) is 4.52 Å². The van der Waals surface area contributed by atoms with Gasteiger partial charge in [-0.1, -0.05) is 6.58 Å². The monoisotopic (exact) mass is 228 g/mol. The summed E-state index contributed by atoms with van der Waals surface area (Å²) in [4.78, 5) is 15.8. The van der Waals surface area contributed by atoms with E-state index in [1.54, 1.807) is 0 Å². The van der Waals surface area contributed by atoms with Crippen LogP contribution in [0.3, 0.4) is 0 Å². The molecule has 0 spiro atoms. The summed E-state index contributed by atoms with van der Waals surface area (Å²) in [5.74, 6) is 0. The molecule has 1 aliphatic carbocycles. The van der Waals surface area contributed by atoms with Crippen LogP contribution < -0.4 is 0 Å². The van der Waals surface area contributed by atoms with E-state index in [-0.39, 0.29) is 6.10 Å². The van der Waals surface area contributed by atoms with E-state index >= 15 is 0 Å². The predicted octanol–water partition coefficient (Wildman–Crippen LogP) is 1.61. The van der Waals surface area contributed by atoms with Crippen LogP contribution in [0.25, 0.3) is 0 Å². The fourth-order valence-electron chi connectivity index (χ4n) is 0.365. The van der Waals surface area contributed by atoms with Crippen molar-refractivity contribution in [3.05, 3.63) is 12.8 Å². The van der Waals surface area contributed by atoms with Gasteiger partial charge in [0.15, 0.2) is 0 Å². The van der Waals surface area contributed by atoms with Gasteiger partial charge in [-0.3, -0.25) is 0 Å². The van der Waals surface area contributed by atoms with Gasteiger partial charge in [0.05, 0.1) is 0 Å². The molecule has 1 aliphatic rings. The lowest BCUT2D eigenvalue weighted by Gasteiger charge is -1.71. The zero-order valence-corrected chi connectivity index (χ0v) is 8.49. The molecule has 0 bridgehead atoms. The van der Waals surface area contributed by atoms with Crippen molar-refractivity contribution in [3.8, 4) is 0 Å². The molecule has 0 aliphatic heterocycles. The highest BCUT2D eigenvalue weighted by Crippen LogP contribution is 2.32. The Kier molecular flexibility index (Phi) is 6.86. The SMILES string of the molecule is C=CO[P+](=O)O.O=[P+](O)OC1CC1. The van der Waals surface area contributed by atoms with E-state index in [4.69, 9.17) is 9.79 Å². The smallest absolute Gasteiger partial charge is 0.238 e. The van der Waals surface area contributed by atoms with E-state index in [0.717, 1.165) is 19.1 Å². The first-order valence-electron chi connectivity index (χ1n) is 3.33. The highest BCUT2D eigenvalue weighted by molar-refractivity contribution is 7.32. The minimum atomic E-state index is -2.47. The van der Waals surface area contributed by atoms with Crippen LogP contribution in [-0.2, 0) is 18.2 Å². The van der Waals surface area contributed by atoms with Crippen molar-refractivity contribution in [1.82, 2.24) is 0 Å². The molecular weight excluding hydrogens is 218 g/mol. The standard InChI is InChI=1S/C3H5O3P.C2H3O3P/c4-7(5)6-3-1-2-3;1-2-5-6(3)4/h3H,1-2H2;2H,1H2/p+2. The summed E-state index contributed by atoms with van der Waals surface area (Å²) in [6.07, 6.45) is 2.90. The molecule has 0 radical (unpaired) electrons. The van der Waals surface area contributed by atoms with Crippen molar-refractivity contribution in [3.63, 3.8) is 0 Å². The van der Waals surface area contributed by atoms with Crippen molar-refractivity contribution in [2.45, 2.75) is 18.9 Å². The Morgan fingerprint density at radius 3 is 1.92 bits per heavy atom. The number of hydrogen-bond acceptors (Lipinski definition) is 4. The first kappa shape index (κ1) is 12.6. The van der Waals surface area contributed by atoms with Crippen LogP contribution in [-0.4, -0.2) is 15.9 Å². The number of hydrogen-bond donors (Lipinski definition) is 2. The Morgan fingerprint density at radius 1 is 1.31 bits per heavy atom. The Balaban J connectivity index is 0.000000226. The summed E-state index contributed by atoms with van der Waals surface area (Å²) in [5.41, 5.74) is 0. The summed E-state index contributed by atoms with van der Waals surface area (Å²) in [6.45, 7) is 3.03. The van der Waals surface area contributed by atoms with Crippen LogP contribution in [0.1, 0.15) is 12.8 Å². The average molecular weight is 228 g/mol. The molecule has 1 saturated carbocycles. The van der Waals surface area contributed by atoms with E-state index in [1.165, 1.54) is 0 Å². The minimum absolute atomic E-state index is 0.0913. The second-order valence-corrected chi connectivity index (χ2v) is 3.43. The maximum absolute atomic E-state index is 9.78. The average Bonchev–Trinajstić information content (AvgIpc) is 2.71. The van der Waals surface area contributed by atoms with E-state index in [0.29, 0.717) is 0 Å². The summed E-state index contributed by atoms with van der Waals surface area (Å²) in [5, 5.41) is 0. The third-order valence-corrected chi connectivity index (χ3v) is 1.74. The molecule has 2 atom stereocenters. The first-order valence-corrected chi connectivity index (χ1v) is 5.59. The van der Waals surface area contributed by atoms with Crippen LogP contribution in [0, 0.1) is 0 Å². The van der Waals surface area contributed by atoms with Gasteiger partial charge in [0.25, 0.3) is 0 Å². The van der Waals surface area contributed by atoms with E-state index in [1.807, 2.05) is 0 Å². The molecule has 0 aromatic heterocycles. The lowest BCUT2D eigenvalue weighted by molar-refractivity contribution is 0.270. The van der Waals surface area contributed by atoms with E-state index in [2.05, 4.69) is 15.6 Å². The minimum Gasteiger partial charge on any atom is -0.238 e. The quantitative estimate of drug-likeness (QED) is 0.560. The summed E-state index contributed by atoms with van der Waals surface area (Å²) >= 11 is 0. The maximum atomic E-state index is 9.78. The van der Waals surface area contributed by atoms with Crippen LogP contribution in [0.15, 0.2) is 12.8 Å². The third-order valence-electron chi connectivity index (χ3n) is 0.928. The fraction of sp³-hybridized carbons (Fsp3) is 0.600. The maximum Gasteiger partial charge on any atom is 0.746 e. The molecule has 2 N–H and O–H groups in total. The van der Waals surface area contributed by atoms with Crippen LogP contribution in [0.5, 0.6) is 0 Å². The van der Waals surface area contributed by atoms with Crippen molar-refractivity contribution in [2.75, 3.05) is 0 Å². The van der Waals surface area contributed by atoms with Gasteiger partial charge in [-0.15, -0.1) is 14.3 Å². The van der Waals surface area contributed by atoms with E-state index in [9.17, 15) is 9.13 Å². The van der Waals surface area contributed by atoms with Gasteiger partial charge in [-0.2, -0.15) is 0 Å². The van der Waals surface area contributed by atoms with Crippen LogP contribution >= 0.6 is 16.5 Å². The second kappa shape index (κ2) is 7.06. The van der Waals surface area contributed by atoms with Crippen molar-refractivity contribution < 1.29 is 28.0 Å². The highest BCUT2D eigenvalue weighted by Gasteiger charge is 2.32. The summed E-state index contributed by atoms with van der Waals surface area (Å²) < 4.78 is 27.5. The molecule has 1 fully saturated rings. The van der Waals surface area contributed by atoms with Gasteiger partial charge in [0.1, 0.15) is 12.4 Å². The molecule has 6 nitrogen and oxygen atoms in total. The molecular formula is C5H10O6P2+2. The zero-order chi connectivity index (χ0) is 10.3. The van der Waals surface area contributed by atoms with Crippen LogP contribution in [0.4, 0.5) is 0 Å². The second-order valence-electron chi connectivity index (χ2n) is 2.05. The fourth-order valence-corrected chi connectivity index (χ4v) is 0.958. The van der Waals surface area contributed by atoms with Crippen LogP contribution in [0.2, 0.25) is 0 Å². The molecule has 1 rings (SSSR count). The Hall–Kier alpha value is -0.380. The Morgan fingerprint density at radius 2 is 1.85 bits per heavy atom. The van der Waals surface area contributed by atoms with Gasteiger partial charge < -0.3 is 0 Å². The Bertz CT molecular complexity index is 201. The third kappa shape index (κ3) is 11.6. The normalized spacial score (nSPS) is 16.5. The molecule has 0 aromatic rings. The largest absolute Gasteiger partial charge is 0.746 e. The molecule has 0 saturated heterocycles. The van der Waals surface area contributed by atoms with Crippen molar-refractivity contribution in [1.29, 1.82) is 0 Å². The highest BCUT2D eigenvalue weighted by atomic mass is 31.1. The van der Waals surface area contributed by atoms with Gasteiger partial charge in [-0.05, 0) is 12.8 Å². The van der Waals surface area contributed by atoms with Gasteiger partial charge in [0.2, 0.25) is 0 Å². The molecule has 0 heterocycles. The van der Waals surface area contributed by atoms with Crippen molar-refractivity contribution in [2.24, 2.45) is 0 Å². The number of rotatable bonds is 4. The molecule has 8 heteroatoms. The molecule has 0 aromatic carbocycles. The zero-order valence-electron chi connectivity index (χ0n) is 6.70. The predicted molar refractivity (Wildman–Crippen MR) is 45.0 cm³/mol. The van der Waals surface area contributed by atoms with E-state index < -0.39 is 16.5 Å². The summed E-state index contributed by atoms with van der Waals surface area (Å²) in [6, 6.07) is 0.